The van der Waals surface area contributed by atoms with Crippen molar-refractivity contribution in [3.63, 3.8) is 0 Å². The van der Waals surface area contributed by atoms with E-state index in [1.165, 1.54) is 25.8 Å². The Morgan fingerprint density at radius 1 is 1.41 bits per heavy atom. The zero-order valence-corrected chi connectivity index (χ0v) is 11.6. The van der Waals surface area contributed by atoms with Gasteiger partial charge in [-0.3, -0.25) is 4.90 Å². The molecule has 0 spiro atoms. The van der Waals surface area contributed by atoms with Crippen molar-refractivity contribution in [3.05, 3.63) is 0 Å². The van der Waals surface area contributed by atoms with E-state index in [1.54, 1.807) is 0 Å². The lowest BCUT2D eigenvalue weighted by molar-refractivity contribution is -0.0257. The SMILES string of the molecule is CCC1CN(C2CCCOC2)C(C(C)C)CN1. The van der Waals surface area contributed by atoms with E-state index in [1.807, 2.05) is 0 Å². The molecule has 2 heterocycles. The van der Waals surface area contributed by atoms with Crippen LogP contribution in [0.5, 0.6) is 0 Å². The number of nitrogens with zero attached hydrogens (tertiary/aromatic N) is 1. The van der Waals surface area contributed by atoms with E-state index < -0.39 is 0 Å². The molecule has 17 heavy (non-hydrogen) atoms. The van der Waals surface area contributed by atoms with Crippen LogP contribution in [0.1, 0.15) is 40.0 Å². The predicted molar refractivity (Wildman–Crippen MR) is 71.3 cm³/mol. The van der Waals surface area contributed by atoms with Crippen LogP contribution in [0.15, 0.2) is 0 Å². The summed E-state index contributed by atoms with van der Waals surface area (Å²) in [5.74, 6) is 0.724. The third kappa shape index (κ3) is 3.21. The van der Waals surface area contributed by atoms with Gasteiger partial charge in [-0.15, -0.1) is 0 Å². The van der Waals surface area contributed by atoms with Crippen molar-refractivity contribution in [2.45, 2.75) is 58.2 Å². The number of rotatable bonds is 3. The summed E-state index contributed by atoms with van der Waals surface area (Å²) in [5, 5.41) is 3.69. The normalized spacial score (nSPS) is 36.4. The molecule has 2 aliphatic rings. The Labute approximate surface area is 106 Å². The maximum absolute atomic E-state index is 5.67. The summed E-state index contributed by atoms with van der Waals surface area (Å²) in [4.78, 5) is 2.73. The predicted octanol–water partition coefficient (Wildman–Crippen LogP) is 1.87. The quantitative estimate of drug-likeness (QED) is 0.815. The van der Waals surface area contributed by atoms with Gasteiger partial charge in [-0.25, -0.2) is 0 Å². The lowest BCUT2D eigenvalue weighted by atomic mass is 9.94. The molecule has 0 bridgehead atoms. The highest BCUT2D eigenvalue weighted by Gasteiger charge is 2.34. The first-order chi connectivity index (χ1) is 8.22. The Bertz CT molecular complexity index is 226. The first-order valence-electron chi connectivity index (χ1n) is 7.29. The maximum atomic E-state index is 5.67. The maximum Gasteiger partial charge on any atom is 0.0621 e. The van der Waals surface area contributed by atoms with Crippen LogP contribution in [0.25, 0.3) is 0 Å². The molecule has 2 saturated heterocycles. The Morgan fingerprint density at radius 2 is 2.24 bits per heavy atom. The van der Waals surface area contributed by atoms with Gasteiger partial charge < -0.3 is 10.1 Å². The lowest BCUT2D eigenvalue weighted by Crippen LogP contribution is -2.62. The van der Waals surface area contributed by atoms with Crippen molar-refractivity contribution >= 4 is 0 Å². The average Bonchev–Trinajstić information content (AvgIpc) is 2.39. The van der Waals surface area contributed by atoms with Crippen molar-refractivity contribution in [2.75, 3.05) is 26.3 Å². The third-order valence-corrected chi connectivity index (χ3v) is 4.34. The van der Waals surface area contributed by atoms with Crippen LogP contribution in [-0.4, -0.2) is 49.3 Å². The summed E-state index contributed by atoms with van der Waals surface area (Å²) < 4.78 is 5.67. The highest BCUT2D eigenvalue weighted by Crippen LogP contribution is 2.23. The molecule has 0 radical (unpaired) electrons. The van der Waals surface area contributed by atoms with Crippen molar-refractivity contribution < 1.29 is 4.74 Å². The van der Waals surface area contributed by atoms with Crippen LogP contribution >= 0.6 is 0 Å². The van der Waals surface area contributed by atoms with Gasteiger partial charge in [0.2, 0.25) is 0 Å². The van der Waals surface area contributed by atoms with Crippen LogP contribution in [0, 0.1) is 5.92 Å². The van der Waals surface area contributed by atoms with Gasteiger partial charge in [0.15, 0.2) is 0 Å². The number of piperazine rings is 1. The summed E-state index contributed by atoms with van der Waals surface area (Å²) >= 11 is 0. The average molecular weight is 240 g/mol. The van der Waals surface area contributed by atoms with Gasteiger partial charge in [0.25, 0.3) is 0 Å². The lowest BCUT2D eigenvalue weighted by Gasteiger charge is -2.47. The highest BCUT2D eigenvalue weighted by molar-refractivity contribution is 4.91. The molecule has 2 fully saturated rings. The molecule has 0 aromatic carbocycles. The van der Waals surface area contributed by atoms with Gasteiger partial charge in [0.1, 0.15) is 0 Å². The molecular formula is C14H28N2O. The zero-order valence-electron chi connectivity index (χ0n) is 11.6. The van der Waals surface area contributed by atoms with Gasteiger partial charge in [0.05, 0.1) is 6.61 Å². The molecule has 100 valence electrons. The molecule has 3 nitrogen and oxygen atoms in total. The van der Waals surface area contributed by atoms with E-state index >= 15 is 0 Å². The fraction of sp³-hybridized carbons (Fsp3) is 1.00. The molecular weight excluding hydrogens is 212 g/mol. The first-order valence-corrected chi connectivity index (χ1v) is 7.29. The standard InChI is InChI=1S/C14H28N2O/c1-4-12-9-16(13-6-5-7-17-10-13)14(8-15-12)11(2)3/h11-15H,4-10H2,1-3H3. The van der Waals surface area contributed by atoms with E-state index in [0.717, 1.165) is 25.7 Å². The summed E-state index contributed by atoms with van der Waals surface area (Å²) in [6, 6.07) is 2.02. The van der Waals surface area contributed by atoms with E-state index in [-0.39, 0.29) is 0 Å². The molecule has 2 rings (SSSR count). The second-order valence-corrected chi connectivity index (χ2v) is 5.89. The second-order valence-electron chi connectivity index (χ2n) is 5.89. The van der Waals surface area contributed by atoms with Gasteiger partial charge in [0, 0.05) is 37.8 Å². The molecule has 3 heteroatoms. The molecule has 0 aliphatic carbocycles. The van der Waals surface area contributed by atoms with Crippen molar-refractivity contribution in [2.24, 2.45) is 5.92 Å². The zero-order chi connectivity index (χ0) is 12.3. The molecule has 0 amide bonds. The third-order valence-electron chi connectivity index (χ3n) is 4.34. The largest absolute Gasteiger partial charge is 0.380 e. The van der Waals surface area contributed by atoms with Gasteiger partial charge >= 0.3 is 0 Å². The monoisotopic (exact) mass is 240 g/mol. The molecule has 2 aliphatic heterocycles. The Kier molecular flexibility index (Phi) is 4.83. The van der Waals surface area contributed by atoms with Crippen LogP contribution in [0.2, 0.25) is 0 Å². The van der Waals surface area contributed by atoms with Crippen LogP contribution < -0.4 is 5.32 Å². The van der Waals surface area contributed by atoms with E-state index in [4.69, 9.17) is 4.74 Å². The Balaban J connectivity index is 2.01. The molecule has 0 aromatic rings. The van der Waals surface area contributed by atoms with Crippen LogP contribution in [0.4, 0.5) is 0 Å². The minimum Gasteiger partial charge on any atom is -0.380 e. The van der Waals surface area contributed by atoms with Crippen molar-refractivity contribution in [1.82, 2.24) is 10.2 Å². The topological polar surface area (TPSA) is 24.5 Å². The molecule has 0 saturated carbocycles. The van der Waals surface area contributed by atoms with E-state index in [2.05, 4.69) is 31.0 Å². The van der Waals surface area contributed by atoms with E-state index in [9.17, 15) is 0 Å². The molecule has 0 aromatic heterocycles. The molecule has 1 N–H and O–H groups in total. The van der Waals surface area contributed by atoms with Crippen LogP contribution in [0.3, 0.4) is 0 Å². The summed E-state index contributed by atoms with van der Waals surface area (Å²) in [6.07, 6.45) is 3.78. The molecule has 3 unspecified atom stereocenters. The molecule has 3 atom stereocenters. The van der Waals surface area contributed by atoms with Gasteiger partial charge in [-0.2, -0.15) is 0 Å². The Hall–Kier alpha value is -0.120. The minimum absolute atomic E-state index is 0.660. The smallest absolute Gasteiger partial charge is 0.0621 e. The van der Waals surface area contributed by atoms with Crippen LogP contribution in [-0.2, 0) is 4.74 Å². The fourth-order valence-electron chi connectivity index (χ4n) is 3.16. The van der Waals surface area contributed by atoms with Gasteiger partial charge in [-0.1, -0.05) is 20.8 Å². The minimum atomic E-state index is 0.660. The number of hydrogen-bond donors (Lipinski definition) is 1. The summed E-state index contributed by atoms with van der Waals surface area (Å²) in [6.45, 7) is 11.2. The summed E-state index contributed by atoms with van der Waals surface area (Å²) in [7, 11) is 0. The van der Waals surface area contributed by atoms with Crippen molar-refractivity contribution in [1.29, 1.82) is 0 Å². The fourth-order valence-corrected chi connectivity index (χ4v) is 3.16. The first kappa shape index (κ1) is 13.3. The number of hydrogen-bond acceptors (Lipinski definition) is 3. The number of nitrogens with one attached hydrogen (secondary N) is 1. The van der Waals surface area contributed by atoms with Crippen molar-refractivity contribution in [3.8, 4) is 0 Å². The summed E-state index contributed by atoms with van der Waals surface area (Å²) in [5.41, 5.74) is 0. The van der Waals surface area contributed by atoms with E-state index in [0.29, 0.717) is 18.1 Å². The highest BCUT2D eigenvalue weighted by atomic mass is 16.5. The second kappa shape index (κ2) is 6.17. The van der Waals surface area contributed by atoms with Gasteiger partial charge in [-0.05, 0) is 25.2 Å². The number of ether oxygens (including phenoxy) is 1. The Morgan fingerprint density at radius 3 is 2.82 bits per heavy atom.